The molecule has 0 radical (unpaired) electrons. The Labute approximate surface area is 179 Å². The van der Waals surface area contributed by atoms with Crippen molar-refractivity contribution in [3.05, 3.63) is 65.0 Å². The van der Waals surface area contributed by atoms with Crippen molar-refractivity contribution >= 4 is 32.6 Å². The molecule has 9 heteroatoms. The Morgan fingerprint density at radius 1 is 1.00 bits per heavy atom. The third-order valence-electron chi connectivity index (χ3n) is 5.06. The van der Waals surface area contributed by atoms with Gasteiger partial charge in [-0.15, -0.1) is 0 Å². The summed E-state index contributed by atoms with van der Waals surface area (Å²) in [6.45, 7) is 0.823. The molecular formula is C22H22N2O6S. The fourth-order valence-corrected chi connectivity index (χ4v) is 4.96. The Kier molecular flexibility index (Phi) is 6.06. The molecule has 1 saturated heterocycles. The maximum absolute atomic E-state index is 12.7. The van der Waals surface area contributed by atoms with Gasteiger partial charge in [-0.3, -0.25) is 4.79 Å². The van der Waals surface area contributed by atoms with Gasteiger partial charge in [-0.05, 0) is 55.3 Å². The molecule has 2 heterocycles. The summed E-state index contributed by atoms with van der Waals surface area (Å²) in [6.07, 6.45) is 2.79. The van der Waals surface area contributed by atoms with Crippen molar-refractivity contribution in [2.75, 3.05) is 25.0 Å². The van der Waals surface area contributed by atoms with E-state index in [1.54, 1.807) is 36.4 Å². The summed E-state index contributed by atoms with van der Waals surface area (Å²) in [5, 5.41) is 3.42. The van der Waals surface area contributed by atoms with Gasteiger partial charge in [0.1, 0.15) is 11.3 Å². The van der Waals surface area contributed by atoms with Crippen LogP contribution in [0.4, 0.5) is 5.69 Å². The highest BCUT2D eigenvalue weighted by molar-refractivity contribution is 7.89. The van der Waals surface area contributed by atoms with Gasteiger partial charge in [0, 0.05) is 36.3 Å². The highest BCUT2D eigenvalue weighted by atomic mass is 32.2. The second-order valence-electron chi connectivity index (χ2n) is 7.28. The highest BCUT2D eigenvalue weighted by Gasteiger charge is 2.25. The normalized spacial score (nSPS) is 15.0. The van der Waals surface area contributed by atoms with Gasteiger partial charge in [-0.25, -0.2) is 13.2 Å². The Hall–Kier alpha value is -3.17. The Balaban J connectivity index is 1.36. The fraction of sp³-hybridized carbons (Fsp3) is 0.273. The molecule has 1 N–H and O–H groups in total. The van der Waals surface area contributed by atoms with E-state index < -0.39 is 21.6 Å². The van der Waals surface area contributed by atoms with Crippen LogP contribution in [0.15, 0.2) is 68.7 Å². The van der Waals surface area contributed by atoms with Gasteiger partial charge >= 0.3 is 5.63 Å². The molecule has 1 amide bonds. The van der Waals surface area contributed by atoms with E-state index in [4.69, 9.17) is 9.15 Å². The molecule has 1 aliphatic rings. The first kappa shape index (κ1) is 21.1. The van der Waals surface area contributed by atoms with Crippen LogP contribution in [0.2, 0.25) is 0 Å². The zero-order valence-electron chi connectivity index (χ0n) is 16.7. The lowest BCUT2D eigenvalue weighted by molar-refractivity contribution is -0.118. The van der Waals surface area contributed by atoms with E-state index in [2.05, 4.69) is 5.32 Å². The quantitative estimate of drug-likeness (QED) is 0.589. The van der Waals surface area contributed by atoms with E-state index in [0.717, 1.165) is 24.6 Å². The summed E-state index contributed by atoms with van der Waals surface area (Å²) in [4.78, 5) is 23.7. The molecule has 0 unspecified atom stereocenters. The number of ether oxygens (including phenoxy) is 1. The summed E-state index contributed by atoms with van der Waals surface area (Å²) < 4.78 is 37.4. The summed E-state index contributed by atoms with van der Waals surface area (Å²) in [7, 11) is -3.51. The third kappa shape index (κ3) is 4.95. The number of carbonyl (C=O) groups is 1. The number of rotatable bonds is 6. The number of nitrogens with one attached hydrogen (secondary N) is 1. The second-order valence-corrected chi connectivity index (χ2v) is 9.22. The zero-order chi connectivity index (χ0) is 21.8. The predicted molar refractivity (Wildman–Crippen MR) is 116 cm³/mol. The number of nitrogens with zero attached hydrogens (tertiary/aromatic N) is 1. The molecule has 0 spiro atoms. The number of piperidine rings is 1. The maximum Gasteiger partial charge on any atom is 0.336 e. The van der Waals surface area contributed by atoms with Crippen LogP contribution in [0, 0.1) is 0 Å². The van der Waals surface area contributed by atoms with Gasteiger partial charge < -0.3 is 14.5 Å². The molecule has 4 rings (SSSR count). The van der Waals surface area contributed by atoms with Gasteiger partial charge in [-0.1, -0.05) is 6.42 Å². The van der Waals surface area contributed by atoms with E-state index in [1.807, 2.05) is 0 Å². The first-order valence-corrected chi connectivity index (χ1v) is 11.4. The molecule has 31 heavy (non-hydrogen) atoms. The van der Waals surface area contributed by atoms with E-state index in [-0.39, 0.29) is 11.5 Å². The molecule has 0 aliphatic carbocycles. The van der Waals surface area contributed by atoms with Crippen molar-refractivity contribution in [3.63, 3.8) is 0 Å². The molecule has 8 nitrogen and oxygen atoms in total. The molecule has 2 aromatic carbocycles. The van der Waals surface area contributed by atoms with E-state index in [9.17, 15) is 18.0 Å². The SMILES string of the molecule is O=C(COc1ccc2ccc(=O)oc2c1)Nc1ccc(S(=O)(=O)N2CCCCC2)cc1. The number of fused-ring (bicyclic) bond motifs is 1. The maximum atomic E-state index is 12.7. The minimum absolute atomic E-state index is 0.210. The van der Waals surface area contributed by atoms with Gasteiger partial charge in [0.2, 0.25) is 10.0 Å². The lowest BCUT2D eigenvalue weighted by Gasteiger charge is -2.25. The Morgan fingerprint density at radius 2 is 1.71 bits per heavy atom. The molecule has 0 atom stereocenters. The Bertz CT molecular complexity index is 1240. The smallest absolute Gasteiger partial charge is 0.336 e. The predicted octanol–water partition coefficient (Wildman–Crippen LogP) is 2.99. The third-order valence-corrected chi connectivity index (χ3v) is 6.97. The summed E-state index contributed by atoms with van der Waals surface area (Å²) in [6, 6.07) is 14.0. The van der Waals surface area contributed by atoms with Gasteiger partial charge in [0.25, 0.3) is 5.91 Å². The van der Waals surface area contributed by atoms with Crippen LogP contribution in [0.5, 0.6) is 5.75 Å². The van der Waals surface area contributed by atoms with Crippen LogP contribution in [0.3, 0.4) is 0 Å². The molecule has 1 fully saturated rings. The van der Waals surface area contributed by atoms with Crippen molar-refractivity contribution in [3.8, 4) is 5.75 Å². The monoisotopic (exact) mass is 442 g/mol. The number of anilines is 1. The van der Waals surface area contributed by atoms with Crippen LogP contribution in [0.25, 0.3) is 11.0 Å². The van der Waals surface area contributed by atoms with Crippen molar-refractivity contribution in [2.45, 2.75) is 24.2 Å². The second kappa shape index (κ2) is 8.91. The van der Waals surface area contributed by atoms with Crippen LogP contribution in [0.1, 0.15) is 19.3 Å². The number of amides is 1. The summed E-state index contributed by atoms with van der Waals surface area (Å²) in [5.41, 5.74) is 0.375. The first-order valence-electron chi connectivity index (χ1n) is 9.99. The number of hydrogen-bond acceptors (Lipinski definition) is 6. The summed E-state index contributed by atoms with van der Waals surface area (Å²) >= 11 is 0. The number of hydrogen-bond donors (Lipinski definition) is 1. The molecular weight excluding hydrogens is 420 g/mol. The van der Waals surface area contributed by atoms with Gasteiger partial charge in [0.15, 0.2) is 6.61 Å². The van der Waals surface area contributed by atoms with E-state index >= 15 is 0 Å². The van der Waals surface area contributed by atoms with Crippen molar-refractivity contribution in [1.29, 1.82) is 0 Å². The Morgan fingerprint density at radius 3 is 2.45 bits per heavy atom. The molecule has 1 aliphatic heterocycles. The topological polar surface area (TPSA) is 106 Å². The molecule has 3 aromatic rings. The zero-order valence-corrected chi connectivity index (χ0v) is 17.6. The lowest BCUT2D eigenvalue weighted by Crippen LogP contribution is -2.35. The average molecular weight is 442 g/mol. The van der Waals surface area contributed by atoms with Crippen LogP contribution in [-0.2, 0) is 14.8 Å². The number of sulfonamides is 1. The first-order chi connectivity index (χ1) is 14.9. The van der Waals surface area contributed by atoms with E-state index in [1.165, 1.54) is 22.5 Å². The van der Waals surface area contributed by atoms with E-state index in [0.29, 0.717) is 30.1 Å². The molecule has 162 valence electrons. The largest absolute Gasteiger partial charge is 0.484 e. The van der Waals surface area contributed by atoms with Crippen molar-refractivity contribution < 1.29 is 22.4 Å². The van der Waals surface area contributed by atoms with Crippen LogP contribution < -0.4 is 15.7 Å². The van der Waals surface area contributed by atoms with Crippen molar-refractivity contribution in [1.82, 2.24) is 4.31 Å². The van der Waals surface area contributed by atoms with Crippen molar-refractivity contribution in [2.24, 2.45) is 0 Å². The van der Waals surface area contributed by atoms with Gasteiger partial charge in [-0.2, -0.15) is 4.31 Å². The molecule has 0 saturated carbocycles. The average Bonchev–Trinajstić information content (AvgIpc) is 2.78. The minimum Gasteiger partial charge on any atom is -0.484 e. The lowest BCUT2D eigenvalue weighted by atomic mass is 10.2. The minimum atomic E-state index is -3.51. The highest BCUT2D eigenvalue weighted by Crippen LogP contribution is 2.22. The van der Waals surface area contributed by atoms with Crippen LogP contribution in [-0.4, -0.2) is 38.3 Å². The van der Waals surface area contributed by atoms with Crippen LogP contribution >= 0.6 is 0 Å². The molecule has 1 aromatic heterocycles. The fourth-order valence-electron chi connectivity index (χ4n) is 3.44. The summed E-state index contributed by atoms with van der Waals surface area (Å²) in [5.74, 6) is -0.0128. The molecule has 0 bridgehead atoms. The van der Waals surface area contributed by atoms with Gasteiger partial charge in [0.05, 0.1) is 4.90 Å². The number of carbonyl (C=O) groups excluding carboxylic acids is 1. The number of benzene rings is 2. The standard InChI is InChI=1S/C22H22N2O6S/c25-21(15-29-18-8-4-16-5-11-22(26)30-20(16)14-18)23-17-6-9-19(10-7-17)31(27,28)24-12-2-1-3-13-24/h4-11,14H,1-3,12-13,15H2,(H,23,25).